The zero-order valence-corrected chi connectivity index (χ0v) is 16.2. The van der Waals surface area contributed by atoms with Crippen molar-refractivity contribution in [1.82, 2.24) is 9.62 Å². The van der Waals surface area contributed by atoms with E-state index in [1.54, 1.807) is 0 Å². The van der Waals surface area contributed by atoms with Crippen LogP contribution in [0.3, 0.4) is 0 Å². The largest absolute Gasteiger partial charge is 0.368 e. The zero-order valence-electron chi connectivity index (χ0n) is 15.4. The van der Waals surface area contributed by atoms with Crippen LogP contribution in [0.5, 0.6) is 0 Å². The first-order valence-corrected chi connectivity index (χ1v) is 10.3. The number of amides is 1. The van der Waals surface area contributed by atoms with Crippen LogP contribution in [0.25, 0.3) is 0 Å². The van der Waals surface area contributed by atoms with Gasteiger partial charge in [0.05, 0.1) is 6.54 Å². The predicted molar refractivity (Wildman–Crippen MR) is 102 cm³/mol. The molecule has 6 nitrogen and oxygen atoms in total. The van der Waals surface area contributed by atoms with Crippen LogP contribution in [0.15, 0.2) is 47.4 Å². The fraction of sp³-hybridized carbons (Fsp3) is 0.316. The average Bonchev–Trinajstić information content (AvgIpc) is 2.66. The van der Waals surface area contributed by atoms with E-state index in [9.17, 15) is 22.0 Å². The van der Waals surface area contributed by atoms with Crippen LogP contribution < -0.4 is 9.62 Å². The molecular formula is C19H21F2N3O3S. The van der Waals surface area contributed by atoms with Gasteiger partial charge in [0, 0.05) is 31.9 Å². The number of benzene rings is 2. The first-order chi connectivity index (χ1) is 13.3. The van der Waals surface area contributed by atoms with Crippen molar-refractivity contribution in [2.45, 2.75) is 11.8 Å². The molecular weight excluding hydrogens is 388 g/mol. The quantitative estimate of drug-likeness (QED) is 0.819. The summed E-state index contributed by atoms with van der Waals surface area (Å²) in [6.07, 6.45) is 0. The van der Waals surface area contributed by atoms with Gasteiger partial charge in [0.2, 0.25) is 15.9 Å². The smallest absolute Gasteiger partial charge is 0.246 e. The van der Waals surface area contributed by atoms with Gasteiger partial charge in [-0.2, -0.15) is 0 Å². The number of para-hydroxylation sites is 1. The lowest BCUT2D eigenvalue weighted by Crippen LogP contribution is -2.51. The van der Waals surface area contributed by atoms with E-state index in [0.29, 0.717) is 26.2 Å². The number of hydrogen-bond donors (Lipinski definition) is 1. The van der Waals surface area contributed by atoms with E-state index >= 15 is 0 Å². The van der Waals surface area contributed by atoms with Gasteiger partial charge >= 0.3 is 0 Å². The minimum atomic E-state index is -4.47. The molecule has 1 saturated heterocycles. The predicted octanol–water partition coefficient (Wildman–Crippen LogP) is 1.90. The van der Waals surface area contributed by atoms with Crippen molar-refractivity contribution in [3.05, 3.63) is 59.7 Å². The number of hydrogen-bond acceptors (Lipinski definition) is 4. The van der Waals surface area contributed by atoms with Crippen LogP contribution in [0.4, 0.5) is 14.5 Å². The SMILES string of the molecule is Cc1ccccc1N1CCN(C(=O)CNS(=O)(=O)c2c(F)cccc2F)CC1. The molecule has 2 aromatic carbocycles. The van der Waals surface area contributed by atoms with Crippen molar-refractivity contribution in [3.63, 3.8) is 0 Å². The third-order valence-corrected chi connectivity index (χ3v) is 6.14. The van der Waals surface area contributed by atoms with Crippen molar-refractivity contribution in [1.29, 1.82) is 0 Å². The molecule has 1 heterocycles. The Morgan fingerprint density at radius 2 is 1.61 bits per heavy atom. The lowest BCUT2D eigenvalue weighted by atomic mass is 10.1. The normalized spacial score (nSPS) is 15.0. The maximum atomic E-state index is 13.7. The Balaban J connectivity index is 1.58. The number of carbonyl (C=O) groups is 1. The molecule has 0 radical (unpaired) electrons. The summed E-state index contributed by atoms with van der Waals surface area (Å²) < 4.78 is 53.7. The van der Waals surface area contributed by atoms with Crippen LogP contribution in [0.2, 0.25) is 0 Å². The molecule has 2 aromatic rings. The van der Waals surface area contributed by atoms with E-state index in [-0.39, 0.29) is 0 Å². The maximum Gasteiger partial charge on any atom is 0.246 e. The Bertz CT molecular complexity index is 954. The second-order valence-corrected chi connectivity index (χ2v) is 8.23. The molecule has 1 N–H and O–H groups in total. The third-order valence-electron chi connectivity index (χ3n) is 4.69. The molecule has 1 aliphatic rings. The number of anilines is 1. The van der Waals surface area contributed by atoms with Gasteiger partial charge in [0.15, 0.2) is 4.90 Å². The maximum absolute atomic E-state index is 13.7. The summed E-state index contributed by atoms with van der Waals surface area (Å²) in [5.74, 6) is -2.84. The summed E-state index contributed by atoms with van der Waals surface area (Å²) in [6.45, 7) is 3.56. The van der Waals surface area contributed by atoms with E-state index in [1.807, 2.05) is 35.9 Å². The number of nitrogens with zero attached hydrogens (tertiary/aromatic N) is 2. The van der Waals surface area contributed by atoms with Gasteiger partial charge in [-0.05, 0) is 30.7 Å². The fourth-order valence-electron chi connectivity index (χ4n) is 3.19. The Hall–Kier alpha value is -2.52. The molecule has 3 rings (SSSR count). The number of halogens is 2. The molecule has 1 aliphatic heterocycles. The molecule has 1 fully saturated rings. The summed E-state index contributed by atoms with van der Waals surface area (Å²) >= 11 is 0. The summed E-state index contributed by atoms with van der Waals surface area (Å²) in [7, 11) is -4.47. The summed E-state index contributed by atoms with van der Waals surface area (Å²) in [5, 5.41) is 0. The number of nitrogens with one attached hydrogen (secondary N) is 1. The molecule has 150 valence electrons. The fourth-order valence-corrected chi connectivity index (χ4v) is 4.30. The second kappa shape index (κ2) is 8.24. The van der Waals surface area contributed by atoms with Gasteiger partial charge in [-0.3, -0.25) is 4.79 Å². The Morgan fingerprint density at radius 1 is 1.00 bits per heavy atom. The molecule has 9 heteroatoms. The van der Waals surface area contributed by atoms with Crippen LogP contribution in [0.1, 0.15) is 5.56 Å². The van der Waals surface area contributed by atoms with Gasteiger partial charge in [0.1, 0.15) is 11.6 Å². The van der Waals surface area contributed by atoms with E-state index in [4.69, 9.17) is 0 Å². The zero-order chi connectivity index (χ0) is 20.3. The number of piperazine rings is 1. The van der Waals surface area contributed by atoms with Gasteiger partial charge in [-0.15, -0.1) is 0 Å². The highest BCUT2D eigenvalue weighted by molar-refractivity contribution is 7.89. The van der Waals surface area contributed by atoms with E-state index < -0.39 is 39.0 Å². The van der Waals surface area contributed by atoms with Gasteiger partial charge < -0.3 is 9.80 Å². The molecule has 0 aromatic heterocycles. The van der Waals surface area contributed by atoms with Crippen molar-refractivity contribution in [2.24, 2.45) is 0 Å². The highest BCUT2D eigenvalue weighted by Gasteiger charge is 2.27. The van der Waals surface area contributed by atoms with Crippen molar-refractivity contribution < 1.29 is 22.0 Å². The Labute approximate surface area is 162 Å². The highest BCUT2D eigenvalue weighted by atomic mass is 32.2. The Morgan fingerprint density at radius 3 is 2.21 bits per heavy atom. The molecule has 0 bridgehead atoms. The molecule has 0 aliphatic carbocycles. The van der Waals surface area contributed by atoms with E-state index in [1.165, 1.54) is 4.90 Å². The molecule has 0 spiro atoms. The van der Waals surface area contributed by atoms with Gasteiger partial charge in [-0.25, -0.2) is 21.9 Å². The van der Waals surface area contributed by atoms with Crippen LogP contribution >= 0.6 is 0 Å². The summed E-state index contributed by atoms with van der Waals surface area (Å²) in [4.78, 5) is 15.0. The molecule has 28 heavy (non-hydrogen) atoms. The van der Waals surface area contributed by atoms with Crippen LogP contribution in [-0.2, 0) is 14.8 Å². The topological polar surface area (TPSA) is 69.7 Å². The minimum Gasteiger partial charge on any atom is -0.368 e. The molecule has 0 unspecified atom stereocenters. The average molecular weight is 409 g/mol. The van der Waals surface area contributed by atoms with Gasteiger partial charge in [-0.1, -0.05) is 24.3 Å². The molecule has 0 saturated carbocycles. The standard InChI is InChI=1S/C19H21F2N3O3S/c1-14-5-2-3-8-17(14)23-9-11-24(12-10-23)18(25)13-22-28(26,27)19-15(20)6-4-7-16(19)21/h2-8,22H,9-13H2,1H3. The minimum absolute atomic E-state index is 0.433. The van der Waals surface area contributed by atoms with Crippen LogP contribution in [0, 0.1) is 18.6 Å². The van der Waals surface area contributed by atoms with E-state index in [2.05, 4.69) is 4.90 Å². The number of carbonyl (C=O) groups excluding carboxylic acids is 1. The lowest BCUT2D eigenvalue weighted by molar-refractivity contribution is -0.130. The third kappa shape index (κ3) is 4.31. The Kier molecular flexibility index (Phi) is 5.95. The molecule has 1 amide bonds. The second-order valence-electron chi connectivity index (χ2n) is 6.53. The monoisotopic (exact) mass is 409 g/mol. The summed E-state index contributed by atoms with van der Waals surface area (Å²) in [5.41, 5.74) is 2.24. The first kappa shape index (κ1) is 20.2. The highest BCUT2D eigenvalue weighted by Crippen LogP contribution is 2.21. The van der Waals surface area contributed by atoms with E-state index in [0.717, 1.165) is 29.4 Å². The van der Waals surface area contributed by atoms with Crippen molar-refractivity contribution in [2.75, 3.05) is 37.6 Å². The van der Waals surface area contributed by atoms with Gasteiger partial charge in [0.25, 0.3) is 0 Å². The van der Waals surface area contributed by atoms with Crippen LogP contribution in [-0.4, -0.2) is 51.9 Å². The number of rotatable bonds is 5. The number of aryl methyl sites for hydroxylation is 1. The molecule has 0 atom stereocenters. The lowest BCUT2D eigenvalue weighted by Gasteiger charge is -2.36. The first-order valence-electron chi connectivity index (χ1n) is 8.81. The number of sulfonamides is 1. The van der Waals surface area contributed by atoms with Crippen molar-refractivity contribution in [3.8, 4) is 0 Å². The summed E-state index contributed by atoms with van der Waals surface area (Å²) in [6, 6.07) is 10.7. The van der Waals surface area contributed by atoms with Crippen molar-refractivity contribution >= 4 is 21.6 Å².